The van der Waals surface area contributed by atoms with Crippen molar-refractivity contribution in [3.63, 3.8) is 0 Å². The van der Waals surface area contributed by atoms with E-state index in [1.807, 2.05) is 17.1 Å². The van der Waals surface area contributed by atoms with Gasteiger partial charge in [-0.05, 0) is 22.4 Å². The average molecular weight is 311 g/mol. The van der Waals surface area contributed by atoms with Gasteiger partial charge in [0.15, 0.2) is 0 Å². The molecule has 18 heavy (non-hydrogen) atoms. The van der Waals surface area contributed by atoms with E-state index >= 15 is 0 Å². The molecule has 1 fully saturated rings. The molecular weight excluding hydrogens is 296 g/mol. The van der Waals surface area contributed by atoms with Crippen LogP contribution < -0.4 is 0 Å². The highest BCUT2D eigenvalue weighted by Crippen LogP contribution is 2.22. The molecule has 1 aliphatic rings. The second-order valence-corrected chi connectivity index (χ2v) is 5.46. The largest absolute Gasteiger partial charge is 0.299 e. The third-order valence-electron chi connectivity index (χ3n) is 3.30. The summed E-state index contributed by atoms with van der Waals surface area (Å²) in [6.45, 7) is 4.09. The summed E-state index contributed by atoms with van der Waals surface area (Å²) in [5, 5.41) is 8.47. The number of nitrogens with zero attached hydrogens (tertiary/aromatic N) is 6. The molecule has 96 valence electrons. The van der Waals surface area contributed by atoms with E-state index in [2.05, 4.69) is 40.7 Å². The van der Waals surface area contributed by atoms with Crippen molar-refractivity contribution < 1.29 is 0 Å². The van der Waals surface area contributed by atoms with Crippen molar-refractivity contribution in [1.82, 2.24) is 29.4 Å². The highest BCUT2D eigenvalue weighted by molar-refractivity contribution is 9.10. The molecule has 0 bridgehead atoms. The topological polar surface area (TPSA) is 51.8 Å². The second kappa shape index (κ2) is 5.19. The van der Waals surface area contributed by atoms with E-state index in [9.17, 15) is 0 Å². The number of hydrogen-bond donors (Lipinski definition) is 0. The molecule has 2 aromatic heterocycles. The predicted molar refractivity (Wildman–Crippen MR) is 70.0 cm³/mol. The summed E-state index contributed by atoms with van der Waals surface area (Å²) >= 11 is 3.44. The Bertz CT molecular complexity index is 493. The monoisotopic (exact) mass is 310 g/mol. The van der Waals surface area contributed by atoms with Crippen LogP contribution in [-0.2, 0) is 6.54 Å². The summed E-state index contributed by atoms with van der Waals surface area (Å²) < 4.78 is 4.97. The first-order valence-corrected chi connectivity index (χ1v) is 6.85. The van der Waals surface area contributed by atoms with E-state index in [1.54, 1.807) is 12.7 Å². The van der Waals surface area contributed by atoms with Crippen molar-refractivity contribution in [2.24, 2.45) is 0 Å². The first-order chi connectivity index (χ1) is 8.81. The standard InChI is InChI=1S/C11H15BrN6/c12-10-5-14-18(6-10)11-1-2-16(7-11)3-4-17-9-13-8-15-17/h5-6,8-9,11H,1-4,7H2. The second-order valence-electron chi connectivity index (χ2n) is 4.54. The van der Waals surface area contributed by atoms with Gasteiger partial charge >= 0.3 is 0 Å². The van der Waals surface area contributed by atoms with Gasteiger partial charge in [-0.25, -0.2) is 4.98 Å². The van der Waals surface area contributed by atoms with Gasteiger partial charge in [0.25, 0.3) is 0 Å². The Morgan fingerprint density at radius 1 is 1.33 bits per heavy atom. The van der Waals surface area contributed by atoms with Crippen LogP contribution in [0.1, 0.15) is 12.5 Å². The highest BCUT2D eigenvalue weighted by atomic mass is 79.9. The minimum absolute atomic E-state index is 0.493. The van der Waals surface area contributed by atoms with Gasteiger partial charge in [-0.1, -0.05) is 0 Å². The van der Waals surface area contributed by atoms with Crippen molar-refractivity contribution in [2.75, 3.05) is 19.6 Å². The van der Waals surface area contributed by atoms with Gasteiger partial charge in [0.05, 0.1) is 23.3 Å². The fraction of sp³-hybridized carbons (Fsp3) is 0.545. The van der Waals surface area contributed by atoms with Crippen LogP contribution in [0.3, 0.4) is 0 Å². The Hall–Kier alpha value is -1.21. The van der Waals surface area contributed by atoms with Crippen molar-refractivity contribution in [1.29, 1.82) is 0 Å². The molecule has 0 N–H and O–H groups in total. The number of halogens is 1. The van der Waals surface area contributed by atoms with Crippen molar-refractivity contribution in [3.05, 3.63) is 29.5 Å². The Morgan fingerprint density at radius 3 is 3.00 bits per heavy atom. The molecule has 0 saturated carbocycles. The molecule has 1 saturated heterocycles. The molecule has 0 radical (unpaired) electrons. The minimum atomic E-state index is 0.493. The van der Waals surface area contributed by atoms with Crippen molar-refractivity contribution in [3.8, 4) is 0 Å². The SMILES string of the molecule is Brc1cnn(C2CCN(CCn3cncn3)C2)c1. The Morgan fingerprint density at radius 2 is 2.28 bits per heavy atom. The van der Waals surface area contributed by atoms with E-state index in [-0.39, 0.29) is 0 Å². The average Bonchev–Trinajstić information content (AvgIpc) is 3.07. The molecule has 1 aliphatic heterocycles. The Labute approximate surface area is 114 Å². The Balaban J connectivity index is 1.52. The normalized spacial score (nSPS) is 20.6. The van der Waals surface area contributed by atoms with Crippen molar-refractivity contribution >= 4 is 15.9 Å². The van der Waals surface area contributed by atoms with Gasteiger partial charge in [-0.2, -0.15) is 10.2 Å². The minimum Gasteiger partial charge on any atom is -0.299 e. The summed E-state index contributed by atoms with van der Waals surface area (Å²) in [6.07, 6.45) is 8.39. The summed E-state index contributed by atoms with van der Waals surface area (Å²) in [5.41, 5.74) is 0. The molecule has 0 aromatic carbocycles. The molecule has 0 aliphatic carbocycles. The molecule has 2 aromatic rings. The molecule has 1 atom stereocenters. The van der Waals surface area contributed by atoms with Gasteiger partial charge in [-0.3, -0.25) is 14.3 Å². The van der Waals surface area contributed by atoms with E-state index in [0.29, 0.717) is 6.04 Å². The number of likely N-dealkylation sites (tertiary alicyclic amines) is 1. The first-order valence-electron chi connectivity index (χ1n) is 6.06. The van der Waals surface area contributed by atoms with E-state index in [4.69, 9.17) is 0 Å². The summed E-state index contributed by atoms with van der Waals surface area (Å²) in [6, 6.07) is 0.493. The van der Waals surface area contributed by atoms with Gasteiger partial charge in [0.1, 0.15) is 12.7 Å². The fourth-order valence-corrected chi connectivity index (χ4v) is 2.64. The van der Waals surface area contributed by atoms with E-state index < -0.39 is 0 Å². The van der Waals surface area contributed by atoms with Crippen LogP contribution >= 0.6 is 15.9 Å². The maximum atomic E-state index is 4.36. The van der Waals surface area contributed by atoms with Gasteiger partial charge < -0.3 is 0 Å². The summed E-state index contributed by atoms with van der Waals surface area (Å²) in [5.74, 6) is 0. The number of aromatic nitrogens is 5. The fourth-order valence-electron chi connectivity index (χ4n) is 2.34. The Kier molecular flexibility index (Phi) is 3.42. The lowest BCUT2D eigenvalue weighted by molar-refractivity contribution is 0.299. The molecular formula is C11H15BrN6. The zero-order valence-corrected chi connectivity index (χ0v) is 11.6. The predicted octanol–water partition coefficient (Wildman–Crippen LogP) is 1.18. The maximum absolute atomic E-state index is 4.36. The van der Waals surface area contributed by atoms with Crippen LogP contribution in [0.2, 0.25) is 0 Å². The first kappa shape index (κ1) is 11.9. The summed E-state index contributed by atoms with van der Waals surface area (Å²) in [7, 11) is 0. The number of hydrogen-bond acceptors (Lipinski definition) is 4. The van der Waals surface area contributed by atoms with Crippen LogP contribution in [0.5, 0.6) is 0 Å². The zero-order chi connectivity index (χ0) is 12.4. The van der Waals surface area contributed by atoms with Gasteiger partial charge in [-0.15, -0.1) is 0 Å². The van der Waals surface area contributed by atoms with Crippen LogP contribution in [-0.4, -0.2) is 49.1 Å². The highest BCUT2D eigenvalue weighted by Gasteiger charge is 2.23. The molecule has 3 rings (SSSR count). The lowest BCUT2D eigenvalue weighted by atomic mass is 10.3. The lowest BCUT2D eigenvalue weighted by Gasteiger charge is -2.15. The molecule has 0 amide bonds. The lowest BCUT2D eigenvalue weighted by Crippen LogP contribution is -2.26. The molecule has 6 nitrogen and oxygen atoms in total. The van der Waals surface area contributed by atoms with Crippen LogP contribution in [0.4, 0.5) is 0 Å². The van der Waals surface area contributed by atoms with Crippen LogP contribution in [0.25, 0.3) is 0 Å². The maximum Gasteiger partial charge on any atom is 0.137 e. The third kappa shape index (κ3) is 2.62. The van der Waals surface area contributed by atoms with Gasteiger partial charge in [0, 0.05) is 25.8 Å². The van der Waals surface area contributed by atoms with Crippen LogP contribution in [0.15, 0.2) is 29.5 Å². The van der Waals surface area contributed by atoms with E-state index in [1.165, 1.54) is 0 Å². The van der Waals surface area contributed by atoms with Crippen LogP contribution in [0, 0.1) is 0 Å². The summed E-state index contributed by atoms with van der Waals surface area (Å²) in [4.78, 5) is 6.39. The quantitative estimate of drug-likeness (QED) is 0.851. The smallest absolute Gasteiger partial charge is 0.137 e. The van der Waals surface area contributed by atoms with E-state index in [0.717, 1.165) is 37.1 Å². The number of rotatable bonds is 4. The molecule has 0 spiro atoms. The molecule has 3 heterocycles. The molecule has 1 unspecified atom stereocenters. The molecule has 7 heteroatoms. The van der Waals surface area contributed by atoms with Gasteiger partial charge in [0.2, 0.25) is 0 Å². The van der Waals surface area contributed by atoms with Crippen molar-refractivity contribution in [2.45, 2.75) is 19.0 Å². The zero-order valence-electron chi connectivity index (χ0n) is 9.98. The third-order valence-corrected chi connectivity index (χ3v) is 3.71.